The summed E-state index contributed by atoms with van der Waals surface area (Å²) >= 11 is 3.21. The molecule has 0 spiro atoms. The van der Waals surface area contributed by atoms with Crippen LogP contribution in [0.5, 0.6) is 0 Å². The smallest absolute Gasteiger partial charge is 0.270 e. The Hall–Kier alpha value is -2.13. The topological polar surface area (TPSA) is 115 Å². The summed E-state index contributed by atoms with van der Waals surface area (Å²) < 4.78 is 27.5. The highest BCUT2D eigenvalue weighted by Crippen LogP contribution is 2.28. The molecule has 2 rings (SSSR count). The third-order valence-corrected chi connectivity index (χ3v) is 4.73. The van der Waals surface area contributed by atoms with Crippen LogP contribution in [0.4, 0.5) is 17.1 Å². The first kappa shape index (κ1) is 15.3. The number of hydrogen-bond acceptors (Lipinski definition) is 5. The first-order chi connectivity index (χ1) is 9.81. The number of sulfonamides is 1. The number of nitrogens with one attached hydrogen (secondary N) is 1. The molecular formula is C12H10BrN3O4S. The Morgan fingerprint density at radius 2 is 1.86 bits per heavy atom. The van der Waals surface area contributed by atoms with Crippen molar-refractivity contribution in [3.05, 3.63) is 57.1 Å². The molecule has 0 aliphatic rings. The molecule has 7 nitrogen and oxygen atoms in total. The largest absolute Gasteiger partial charge is 0.398 e. The van der Waals surface area contributed by atoms with E-state index in [1.165, 1.54) is 6.07 Å². The number of nitrogens with two attached hydrogens (primary N) is 1. The molecule has 0 aliphatic heterocycles. The van der Waals surface area contributed by atoms with Crippen LogP contribution < -0.4 is 10.5 Å². The number of halogens is 1. The number of benzene rings is 2. The Morgan fingerprint density at radius 3 is 2.48 bits per heavy atom. The van der Waals surface area contributed by atoms with E-state index in [9.17, 15) is 18.5 Å². The highest BCUT2D eigenvalue weighted by Gasteiger charge is 2.21. The Labute approximate surface area is 129 Å². The molecule has 0 fully saturated rings. The van der Waals surface area contributed by atoms with Gasteiger partial charge in [0.25, 0.3) is 15.7 Å². The van der Waals surface area contributed by atoms with E-state index in [2.05, 4.69) is 20.7 Å². The van der Waals surface area contributed by atoms with Gasteiger partial charge in [0, 0.05) is 16.6 Å². The first-order valence-electron chi connectivity index (χ1n) is 5.62. The lowest BCUT2D eigenvalue weighted by molar-refractivity contribution is -0.385. The van der Waals surface area contributed by atoms with E-state index in [1.54, 1.807) is 24.3 Å². The van der Waals surface area contributed by atoms with E-state index in [4.69, 9.17) is 5.73 Å². The Kier molecular flexibility index (Phi) is 4.14. The summed E-state index contributed by atoms with van der Waals surface area (Å²) in [7, 11) is -4.03. The maximum atomic E-state index is 12.3. The van der Waals surface area contributed by atoms with Crippen molar-refractivity contribution in [3.63, 3.8) is 0 Å². The van der Waals surface area contributed by atoms with Crippen molar-refractivity contribution in [2.45, 2.75) is 4.90 Å². The predicted octanol–water partition coefficient (Wildman–Crippen LogP) is 2.74. The lowest BCUT2D eigenvalue weighted by atomic mass is 10.3. The van der Waals surface area contributed by atoms with Crippen molar-refractivity contribution in [2.24, 2.45) is 0 Å². The molecular weight excluding hydrogens is 362 g/mol. The van der Waals surface area contributed by atoms with E-state index in [0.29, 0.717) is 10.2 Å². The van der Waals surface area contributed by atoms with E-state index < -0.39 is 14.9 Å². The number of para-hydroxylation sites is 1. The van der Waals surface area contributed by atoms with E-state index >= 15 is 0 Å². The van der Waals surface area contributed by atoms with Crippen LogP contribution in [-0.4, -0.2) is 13.3 Å². The van der Waals surface area contributed by atoms with Gasteiger partial charge < -0.3 is 5.73 Å². The van der Waals surface area contributed by atoms with Gasteiger partial charge in [-0.15, -0.1) is 0 Å². The minimum Gasteiger partial charge on any atom is -0.398 e. The Morgan fingerprint density at radius 1 is 1.19 bits per heavy atom. The summed E-state index contributed by atoms with van der Waals surface area (Å²) in [6.07, 6.45) is 0. The van der Waals surface area contributed by atoms with Crippen LogP contribution in [0.25, 0.3) is 0 Å². The lowest BCUT2D eigenvalue weighted by Crippen LogP contribution is -2.15. The average molecular weight is 372 g/mol. The van der Waals surface area contributed by atoms with Crippen molar-refractivity contribution in [2.75, 3.05) is 10.5 Å². The number of anilines is 2. The SMILES string of the molecule is Nc1ccc([N+](=O)[O-])cc1S(=O)(=O)Nc1ccccc1Br. The van der Waals surface area contributed by atoms with E-state index in [0.717, 1.165) is 12.1 Å². The fraction of sp³-hybridized carbons (Fsp3) is 0. The number of rotatable bonds is 4. The van der Waals surface area contributed by atoms with Crippen molar-refractivity contribution < 1.29 is 13.3 Å². The summed E-state index contributed by atoms with van der Waals surface area (Å²) in [6.45, 7) is 0. The van der Waals surface area contributed by atoms with Gasteiger partial charge in [-0.25, -0.2) is 8.42 Å². The molecule has 0 atom stereocenters. The Bertz CT molecular complexity index is 808. The minimum absolute atomic E-state index is 0.0693. The van der Waals surface area contributed by atoms with Gasteiger partial charge in [-0.2, -0.15) is 0 Å². The van der Waals surface area contributed by atoms with Gasteiger partial charge in [0.2, 0.25) is 0 Å². The van der Waals surface area contributed by atoms with Crippen LogP contribution in [0.3, 0.4) is 0 Å². The fourth-order valence-corrected chi connectivity index (χ4v) is 3.36. The van der Waals surface area contributed by atoms with Crippen LogP contribution in [0.1, 0.15) is 0 Å². The standard InChI is InChI=1S/C12H10BrN3O4S/c13-9-3-1-2-4-11(9)15-21(19,20)12-7-8(16(17)18)5-6-10(12)14/h1-7,15H,14H2. The van der Waals surface area contributed by atoms with E-state index in [1.807, 2.05) is 0 Å². The van der Waals surface area contributed by atoms with Crippen LogP contribution >= 0.6 is 15.9 Å². The lowest BCUT2D eigenvalue weighted by Gasteiger charge is -2.11. The van der Waals surface area contributed by atoms with Crippen molar-refractivity contribution >= 4 is 43.0 Å². The van der Waals surface area contributed by atoms with Crippen LogP contribution in [0.2, 0.25) is 0 Å². The third kappa shape index (κ3) is 3.31. The summed E-state index contributed by atoms with van der Waals surface area (Å²) in [5.41, 5.74) is 5.50. The molecule has 0 unspecified atom stereocenters. The van der Waals surface area contributed by atoms with Crippen molar-refractivity contribution in [1.29, 1.82) is 0 Å². The number of nitro benzene ring substituents is 1. The summed E-state index contributed by atoms with van der Waals surface area (Å²) in [6, 6.07) is 9.85. The second-order valence-electron chi connectivity index (χ2n) is 4.06. The zero-order chi connectivity index (χ0) is 15.6. The Balaban J connectivity index is 2.47. The molecule has 0 saturated heterocycles. The van der Waals surface area contributed by atoms with E-state index in [-0.39, 0.29) is 16.3 Å². The molecule has 3 N–H and O–H groups in total. The number of nitrogen functional groups attached to an aromatic ring is 1. The molecule has 21 heavy (non-hydrogen) atoms. The van der Waals surface area contributed by atoms with Crippen LogP contribution in [0.15, 0.2) is 51.8 Å². The van der Waals surface area contributed by atoms with Gasteiger partial charge in [-0.1, -0.05) is 12.1 Å². The molecule has 0 aliphatic carbocycles. The van der Waals surface area contributed by atoms with Crippen LogP contribution in [-0.2, 0) is 10.0 Å². The maximum Gasteiger partial charge on any atom is 0.270 e. The van der Waals surface area contributed by atoms with Crippen LogP contribution in [0, 0.1) is 10.1 Å². The third-order valence-electron chi connectivity index (χ3n) is 2.62. The number of non-ortho nitro benzene ring substituents is 1. The average Bonchev–Trinajstić information content (AvgIpc) is 2.41. The number of nitro groups is 1. The zero-order valence-electron chi connectivity index (χ0n) is 10.5. The molecule has 0 saturated carbocycles. The summed E-state index contributed by atoms with van der Waals surface area (Å²) in [4.78, 5) is 9.72. The molecule has 0 radical (unpaired) electrons. The number of nitrogens with zero attached hydrogens (tertiary/aromatic N) is 1. The second kappa shape index (κ2) is 5.70. The molecule has 2 aromatic carbocycles. The van der Waals surface area contributed by atoms with Gasteiger partial charge >= 0.3 is 0 Å². The molecule has 9 heteroatoms. The van der Waals surface area contributed by atoms with Gasteiger partial charge in [0.15, 0.2) is 0 Å². The first-order valence-corrected chi connectivity index (χ1v) is 7.90. The normalized spacial score (nSPS) is 11.1. The molecule has 0 bridgehead atoms. The molecule has 0 heterocycles. The minimum atomic E-state index is -4.03. The summed E-state index contributed by atoms with van der Waals surface area (Å²) in [5.74, 6) is 0. The van der Waals surface area contributed by atoms with Gasteiger partial charge in [0.1, 0.15) is 4.90 Å². The van der Waals surface area contributed by atoms with Crippen molar-refractivity contribution in [1.82, 2.24) is 0 Å². The molecule has 110 valence electrons. The highest BCUT2D eigenvalue weighted by atomic mass is 79.9. The molecule has 0 aromatic heterocycles. The van der Waals surface area contributed by atoms with Gasteiger partial charge in [-0.05, 0) is 34.1 Å². The summed E-state index contributed by atoms with van der Waals surface area (Å²) in [5, 5.41) is 10.7. The van der Waals surface area contributed by atoms with Gasteiger partial charge in [0.05, 0.1) is 16.3 Å². The quantitative estimate of drug-likeness (QED) is 0.486. The second-order valence-corrected chi connectivity index (χ2v) is 6.57. The molecule has 0 amide bonds. The van der Waals surface area contributed by atoms with Crippen molar-refractivity contribution in [3.8, 4) is 0 Å². The monoisotopic (exact) mass is 371 g/mol. The van der Waals surface area contributed by atoms with Gasteiger partial charge in [-0.3, -0.25) is 14.8 Å². The number of hydrogen-bond donors (Lipinski definition) is 2. The fourth-order valence-electron chi connectivity index (χ4n) is 1.61. The highest BCUT2D eigenvalue weighted by molar-refractivity contribution is 9.10. The maximum absolute atomic E-state index is 12.3. The zero-order valence-corrected chi connectivity index (χ0v) is 12.9. The molecule has 2 aromatic rings. The predicted molar refractivity (Wildman–Crippen MR) is 82.5 cm³/mol.